The van der Waals surface area contributed by atoms with Gasteiger partial charge in [-0.1, -0.05) is 0 Å². The standard InChI is InChI=1S/C7H9NO3S/c9-4-11-3-5-2-8-6(10)1-7(8)12-5/h4-5,7H,1-3H2/t5?,7-/m0/s1. The zero-order valence-electron chi connectivity index (χ0n) is 6.43. The van der Waals surface area contributed by atoms with Crippen molar-refractivity contribution in [1.82, 2.24) is 4.90 Å². The summed E-state index contributed by atoms with van der Waals surface area (Å²) in [6.07, 6.45) is 0.655. The maximum Gasteiger partial charge on any atom is 0.293 e. The van der Waals surface area contributed by atoms with E-state index in [4.69, 9.17) is 0 Å². The molecule has 2 saturated heterocycles. The van der Waals surface area contributed by atoms with Crippen molar-refractivity contribution in [1.29, 1.82) is 0 Å². The Labute approximate surface area is 74.2 Å². The summed E-state index contributed by atoms with van der Waals surface area (Å²) in [6.45, 7) is 1.62. The van der Waals surface area contributed by atoms with Crippen LogP contribution in [0.3, 0.4) is 0 Å². The number of carbonyl (C=O) groups excluding carboxylic acids is 2. The van der Waals surface area contributed by atoms with Crippen molar-refractivity contribution in [3.63, 3.8) is 0 Å². The lowest BCUT2D eigenvalue weighted by Crippen LogP contribution is -2.47. The topological polar surface area (TPSA) is 46.6 Å². The van der Waals surface area contributed by atoms with E-state index < -0.39 is 0 Å². The van der Waals surface area contributed by atoms with Crippen LogP contribution < -0.4 is 0 Å². The summed E-state index contributed by atoms with van der Waals surface area (Å²) >= 11 is 1.73. The van der Waals surface area contributed by atoms with E-state index in [0.29, 0.717) is 24.9 Å². The van der Waals surface area contributed by atoms with Crippen LogP contribution in [0.4, 0.5) is 0 Å². The fraction of sp³-hybridized carbons (Fsp3) is 0.714. The number of nitrogens with zero attached hydrogens (tertiary/aromatic N) is 1. The molecule has 0 N–H and O–H groups in total. The van der Waals surface area contributed by atoms with Crippen LogP contribution in [-0.4, -0.2) is 41.1 Å². The molecule has 0 aromatic rings. The summed E-state index contributed by atoms with van der Waals surface area (Å²) < 4.78 is 4.64. The minimum atomic E-state index is 0.223. The molecular formula is C7H9NO3S. The highest BCUT2D eigenvalue weighted by Crippen LogP contribution is 2.39. The van der Waals surface area contributed by atoms with Gasteiger partial charge in [0.1, 0.15) is 6.61 Å². The molecule has 0 radical (unpaired) electrons. The third-order valence-electron chi connectivity index (χ3n) is 2.12. The molecule has 2 rings (SSSR count). The predicted molar refractivity (Wildman–Crippen MR) is 43.5 cm³/mol. The van der Waals surface area contributed by atoms with Crippen LogP contribution in [0, 0.1) is 0 Å². The third-order valence-corrected chi connectivity index (χ3v) is 3.52. The first-order chi connectivity index (χ1) is 5.81. The first-order valence-electron chi connectivity index (χ1n) is 3.81. The summed E-state index contributed by atoms with van der Waals surface area (Å²) in [6, 6.07) is 0. The van der Waals surface area contributed by atoms with Crippen LogP contribution in [0.5, 0.6) is 0 Å². The van der Waals surface area contributed by atoms with Gasteiger partial charge in [0.2, 0.25) is 5.91 Å². The lowest BCUT2D eigenvalue weighted by atomic mass is 10.2. The van der Waals surface area contributed by atoms with Crippen molar-refractivity contribution >= 4 is 24.1 Å². The zero-order valence-corrected chi connectivity index (χ0v) is 7.25. The van der Waals surface area contributed by atoms with Crippen molar-refractivity contribution in [2.24, 2.45) is 0 Å². The normalized spacial score (nSPS) is 32.7. The second kappa shape index (κ2) is 2.97. The van der Waals surface area contributed by atoms with Crippen molar-refractivity contribution < 1.29 is 14.3 Å². The number of carbonyl (C=O) groups is 2. The number of rotatable bonds is 3. The fourth-order valence-electron chi connectivity index (χ4n) is 1.49. The molecule has 2 heterocycles. The molecule has 0 aromatic heterocycles. The van der Waals surface area contributed by atoms with Gasteiger partial charge in [0.15, 0.2) is 0 Å². The van der Waals surface area contributed by atoms with Gasteiger partial charge in [0.25, 0.3) is 6.47 Å². The summed E-state index contributed by atoms with van der Waals surface area (Å²) in [4.78, 5) is 22.7. The third kappa shape index (κ3) is 1.18. The van der Waals surface area contributed by atoms with Crippen molar-refractivity contribution in [3.05, 3.63) is 0 Å². The number of β-lactam (4-membered cyclic amide) rings is 1. The van der Waals surface area contributed by atoms with E-state index in [-0.39, 0.29) is 11.2 Å². The first kappa shape index (κ1) is 7.91. The average molecular weight is 187 g/mol. The lowest BCUT2D eigenvalue weighted by Gasteiger charge is -2.32. The second-order valence-corrected chi connectivity index (χ2v) is 4.38. The Morgan fingerprint density at radius 2 is 2.58 bits per heavy atom. The molecule has 2 aliphatic heterocycles. The Bertz CT molecular complexity index is 221. The largest absolute Gasteiger partial charge is 0.467 e. The maximum absolute atomic E-state index is 10.9. The number of hydrogen-bond donors (Lipinski definition) is 0. The minimum absolute atomic E-state index is 0.223. The van der Waals surface area contributed by atoms with E-state index in [9.17, 15) is 9.59 Å². The SMILES string of the molecule is O=COCC1CN2C(=O)C[C@@H]2S1. The Balaban J connectivity index is 1.82. The Morgan fingerprint density at radius 1 is 1.75 bits per heavy atom. The number of thioether (sulfide) groups is 1. The van der Waals surface area contributed by atoms with Gasteiger partial charge in [-0.05, 0) is 0 Å². The Morgan fingerprint density at radius 3 is 3.17 bits per heavy atom. The van der Waals surface area contributed by atoms with E-state index >= 15 is 0 Å². The molecule has 0 aromatic carbocycles. The van der Waals surface area contributed by atoms with Gasteiger partial charge in [0.05, 0.1) is 17.0 Å². The quantitative estimate of drug-likeness (QED) is 0.455. The van der Waals surface area contributed by atoms with Gasteiger partial charge in [0, 0.05) is 6.54 Å². The van der Waals surface area contributed by atoms with Gasteiger partial charge in [-0.15, -0.1) is 11.8 Å². The van der Waals surface area contributed by atoms with E-state index in [1.807, 2.05) is 4.90 Å². The first-order valence-corrected chi connectivity index (χ1v) is 4.75. The van der Waals surface area contributed by atoms with Crippen LogP contribution in [-0.2, 0) is 14.3 Å². The average Bonchev–Trinajstić information content (AvgIpc) is 2.39. The zero-order chi connectivity index (χ0) is 8.55. The molecule has 0 spiro atoms. The highest BCUT2D eigenvalue weighted by molar-refractivity contribution is 8.00. The van der Waals surface area contributed by atoms with Gasteiger partial charge in [-0.3, -0.25) is 9.59 Å². The number of amides is 1. The molecule has 2 aliphatic rings. The molecule has 12 heavy (non-hydrogen) atoms. The molecule has 5 heteroatoms. The summed E-state index contributed by atoms with van der Waals surface area (Å²) in [5, 5.41) is 0.643. The minimum Gasteiger partial charge on any atom is -0.467 e. The van der Waals surface area contributed by atoms with E-state index in [2.05, 4.69) is 4.74 Å². The molecular weight excluding hydrogens is 178 g/mol. The molecule has 0 bridgehead atoms. The number of ether oxygens (including phenoxy) is 1. The van der Waals surface area contributed by atoms with Gasteiger partial charge in [-0.2, -0.15) is 0 Å². The fourth-order valence-corrected chi connectivity index (χ4v) is 2.93. The summed E-state index contributed by atoms with van der Waals surface area (Å²) in [7, 11) is 0. The molecule has 2 atom stereocenters. The monoisotopic (exact) mass is 187 g/mol. The molecule has 4 nitrogen and oxygen atoms in total. The van der Waals surface area contributed by atoms with Crippen LogP contribution >= 0.6 is 11.8 Å². The molecule has 0 saturated carbocycles. The summed E-state index contributed by atoms with van der Waals surface area (Å²) in [5.74, 6) is 0.223. The van der Waals surface area contributed by atoms with Crippen LogP contribution in [0.25, 0.3) is 0 Å². The number of hydrogen-bond acceptors (Lipinski definition) is 4. The van der Waals surface area contributed by atoms with Crippen molar-refractivity contribution in [3.8, 4) is 0 Å². The highest BCUT2D eigenvalue weighted by atomic mass is 32.2. The summed E-state index contributed by atoms with van der Waals surface area (Å²) in [5.41, 5.74) is 0. The number of fused-ring (bicyclic) bond motifs is 1. The predicted octanol–water partition coefficient (Wildman–Crippen LogP) is -0.167. The van der Waals surface area contributed by atoms with Crippen LogP contribution in [0.1, 0.15) is 6.42 Å². The van der Waals surface area contributed by atoms with Gasteiger partial charge >= 0.3 is 0 Å². The molecule has 66 valence electrons. The second-order valence-electron chi connectivity index (χ2n) is 2.89. The molecule has 2 fully saturated rings. The van der Waals surface area contributed by atoms with Crippen LogP contribution in [0.15, 0.2) is 0 Å². The molecule has 0 aliphatic carbocycles. The van der Waals surface area contributed by atoms with E-state index in [1.54, 1.807) is 11.8 Å². The Kier molecular flexibility index (Phi) is 1.96. The lowest BCUT2D eigenvalue weighted by molar-refractivity contribution is -0.140. The molecule has 1 amide bonds. The van der Waals surface area contributed by atoms with Gasteiger partial charge < -0.3 is 9.64 Å². The van der Waals surface area contributed by atoms with E-state index in [0.717, 1.165) is 6.54 Å². The van der Waals surface area contributed by atoms with Crippen molar-refractivity contribution in [2.45, 2.75) is 17.0 Å². The van der Waals surface area contributed by atoms with E-state index in [1.165, 1.54) is 0 Å². The van der Waals surface area contributed by atoms with Crippen molar-refractivity contribution in [2.75, 3.05) is 13.2 Å². The smallest absolute Gasteiger partial charge is 0.293 e. The molecule has 1 unspecified atom stereocenters. The van der Waals surface area contributed by atoms with Gasteiger partial charge in [-0.25, -0.2) is 0 Å². The maximum atomic E-state index is 10.9. The van der Waals surface area contributed by atoms with Crippen LogP contribution in [0.2, 0.25) is 0 Å². The Hall–Kier alpha value is -0.710. The highest BCUT2D eigenvalue weighted by Gasteiger charge is 2.44.